The minimum atomic E-state index is -1.53. The summed E-state index contributed by atoms with van der Waals surface area (Å²) in [5.74, 6) is -2.28. The Hall–Kier alpha value is -1.73. The first-order valence-electron chi connectivity index (χ1n) is 7.79. The van der Waals surface area contributed by atoms with E-state index in [9.17, 15) is 18.7 Å². The predicted octanol–water partition coefficient (Wildman–Crippen LogP) is 2.20. The molecule has 0 aliphatic carbocycles. The molecule has 5 nitrogen and oxygen atoms in total. The Morgan fingerprint density at radius 1 is 1.43 bits per heavy atom. The molecule has 0 aromatic heterocycles. The lowest BCUT2D eigenvalue weighted by Gasteiger charge is -2.39. The van der Waals surface area contributed by atoms with Crippen molar-refractivity contribution >= 4 is 6.09 Å². The Balaban J connectivity index is 2.22. The Kier molecular flexibility index (Phi) is 5.90. The van der Waals surface area contributed by atoms with Gasteiger partial charge >= 0.3 is 6.09 Å². The predicted molar refractivity (Wildman–Crippen MR) is 81.1 cm³/mol. The smallest absolute Gasteiger partial charge is 0.404 e. The van der Waals surface area contributed by atoms with Gasteiger partial charge in [0.2, 0.25) is 0 Å². The molecule has 4 N–H and O–H groups in total. The lowest BCUT2D eigenvalue weighted by molar-refractivity contribution is -0.0451. The van der Waals surface area contributed by atoms with Crippen LogP contribution >= 0.6 is 0 Å². The van der Waals surface area contributed by atoms with Crippen LogP contribution in [0.1, 0.15) is 31.2 Å². The highest BCUT2D eigenvalue weighted by atomic mass is 19.2. The Bertz CT molecular complexity index is 550. The normalized spacial score (nSPS) is 20.7. The van der Waals surface area contributed by atoms with Gasteiger partial charge in [0, 0.05) is 24.6 Å². The summed E-state index contributed by atoms with van der Waals surface area (Å²) in [6, 6.07) is 3.80. The van der Waals surface area contributed by atoms with Crippen LogP contribution in [0.5, 0.6) is 0 Å². The molecule has 1 saturated heterocycles. The molecule has 0 saturated carbocycles. The molecule has 128 valence electrons. The lowest BCUT2D eigenvalue weighted by atomic mass is 9.74. The van der Waals surface area contributed by atoms with Crippen LogP contribution in [-0.2, 0) is 5.60 Å². The largest absolute Gasteiger partial charge is 0.465 e. The summed E-state index contributed by atoms with van der Waals surface area (Å²) in [5.41, 5.74) is -1.58. The SMILES string of the molecule is O=C(O)NCCC[C@@](O)(c1cccc(F)c1F)[C@@H]1CCCNC1. The topological polar surface area (TPSA) is 81.6 Å². The van der Waals surface area contributed by atoms with Crippen LogP contribution in [0.3, 0.4) is 0 Å². The zero-order chi connectivity index (χ0) is 16.9. The molecule has 2 atom stereocenters. The van der Waals surface area contributed by atoms with E-state index < -0.39 is 23.3 Å². The molecule has 1 aliphatic rings. The molecule has 1 heterocycles. The van der Waals surface area contributed by atoms with Gasteiger partial charge in [-0.15, -0.1) is 0 Å². The van der Waals surface area contributed by atoms with Gasteiger partial charge in [0.15, 0.2) is 11.6 Å². The van der Waals surface area contributed by atoms with Crippen molar-refractivity contribution in [2.75, 3.05) is 19.6 Å². The quantitative estimate of drug-likeness (QED) is 0.604. The van der Waals surface area contributed by atoms with Crippen LogP contribution in [-0.4, -0.2) is 35.9 Å². The third-order valence-electron chi connectivity index (χ3n) is 4.40. The maximum absolute atomic E-state index is 14.2. The summed E-state index contributed by atoms with van der Waals surface area (Å²) >= 11 is 0. The molecule has 1 aromatic rings. The number of aliphatic hydroxyl groups is 1. The average Bonchev–Trinajstić information content (AvgIpc) is 2.54. The maximum Gasteiger partial charge on any atom is 0.404 e. The van der Waals surface area contributed by atoms with E-state index in [0.29, 0.717) is 19.4 Å². The molecular formula is C16H22F2N2O3. The number of carbonyl (C=O) groups is 1. The van der Waals surface area contributed by atoms with Crippen molar-refractivity contribution in [1.29, 1.82) is 0 Å². The molecule has 1 amide bonds. The van der Waals surface area contributed by atoms with Crippen LogP contribution in [0.4, 0.5) is 13.6 Å². The number of halogens is 2. The number of piperidine rings is 1. The number of carboxylic acid groups (broad SMARTS) is 1. The van der Waals surface area contributed by atoms with Crippen LogP contribution in [0.15, 0.2) is 18.2 Å². The zero-order valence-electron chi connectivity index (χ0n) is 12.8. The molecule has 23 heavy (non-hydrogen) atoms. The fourth-order valence-corrected chi connectivity index (χ4v) is 3.21. The first-order valence-corrected chi connectivity index (χ1v) is 7.79. The first kappa shape index (κ1) is 17.6. The third-order valence-corrected chi connectivity index (χ3v) is 4.40. The molecular weight excluding hydrogens is 306 g/mol. The molecule has 7 heteroatoms. The van der Waals surface area contributed by atoms with Crippen molar-refractivity contribution in [3.63, 3.8) is 0 Å². The fraction of sp³-hybridized carbons (Fsp3) is 0.562. The maximum atomic E-state index is 14.2. The van der Waals surface area contributed by atoms with E-state index in [4.69, 9.17) is 5.11 Å². The van der Waals surface area contributed by atoms with Gasteiger partial charge in [-0.3, -0.25) is 0 Å². The van der Waals surface area contributed by atoms with Gasteiger partial charge in [0.25, 0.3) is 0 Å². The summed E-state index contributed by atoms with van der Waals surface area (Å²) in [4.78, 5) is 10.5. The van der Waals surface area contributed by atoms with E-state index in [-0.39, 0.29) is 24.4 Å². The standard InChI is InChI=1S/C16H22F2N2O3/c17-13-6-1-5-12(14(13)18)16(23,7-3-9-20-15(21)22)11-4-2-8-19-10-11/h1,5-6,11,19-20,23H,2-4,7-10H2,(H,21,22)/t11-,16+/m1/s1. The van der Waals surface area contributed by atoms with E-state index in [0.717, 1.165) is 19.0 Å². The number of nitrogens with one attached hydrogen (secondary N) is 2. The van der Waals surface area contributed by atoms with Gasteiger partial charge in [0.05, 0.1) is 5.60 Å². The van der Waals surface area contributed by atoms with Crippen LogP contribution in [0, 0.1) is 17.6 Å². The van der Waals surface area contributed by atoms with Crippen LogP contribution in [0.25, 0.3) is 0 Å². The van der Waals surface area contributed by atoms with Crippen molar-refractivity contribution in [1.82, 2.24) is 10.6 Å². The van der Waals surface area contributed by atoms with E-state index in [2.05, 4.69) is 10.6 Å². The zero-order valence-corrected chi connectivity index (χ0v) is 12.8. The summed E-state index contributed by atoms with van der Waals surface area (Å²) < 4.78 is 27.8. The van der Waals surface area contributed by atoms with Gasteiger partial charge in [-0.25, -0.2) is 13.6 Å². The number of hydrogen-bond donors (Lipinski definition) is 4. The third kappa shape index (κ3) is 4.17. The molecule has 0 unspecified atom stereocenters. The monoisotopic (exact) mass is 328 g/mol. The van der Waals surface area contributed by atoms with Crippen molar-refractivity contribution < 1.29 is 23.8 Å². The van der Waals surface area contributed by atoms with E-state index >= 15 is 0 Å². The summed E-state index contributed by atoms with van der Waals surface area (Å²) in [6.45, 7) is 1.49. The fourth-order valence-electron chi connectivity index (χ4n) is 3.21. The highest BCUT2D eigenvalue weighted by Crippen LogP contribution is 2.39. The molecule has 0 spiro atoms. The second kappa shape index (κ2) is 7.70. The number of benzene rings is 1. The van der Waals surface area contributed by atoms with E-state index in [1.165, 1.54) is 12.1 Å². The number of rotatable bonds is 6. The molecule has 1 aliphatic heterocycles. The molecule has 2 rings (SSSR count). The second-order valence-corrected chi connectivity index (χ2v) is 5.90. The minimum Gasteiger partial charge on any atom is -0.465 e. The van der Waals surface area contributed by atoms with Gasteiger partial charge < -0.3 is 20.8 Å². The Morgan fingerprint density at radius 2 is 2.22 bits per heavy atom. The summed E-state index contributed by atoms with van der Waals surface area (Å²) in [7, 11) is 0. The van der Waals surface area contributed by atoms with Crippen molar-refractivity contribution in [2.24, 2.45) is 5.92 Å². The Labute approximate surface area is 133 Å². The van der Waals surface area contributed by atoms with Crippen LogP contribution in [0.2, 0.25) is 0 Å². The molecule has 0 radical (unpaired) electrons. The van der Waals surface area contributed by atoms with E-state index in [1.54, 1.807) is 0 Å². The first-order chi connectivity index (χ1) is 10.9. The van der Waals surface area contributed by atoms with Gasteiger partial charge in [-0.1, -0.05) is 12.1 Å². The molecule has 0 bridgehead atoms. The summed E-state index contributed by atoms with van der Waals surface area (Å²) in [5, 5.41) is 25.1. The minimum absolute atomic E-state index is 0.0541. The van der Waals surface area contributed by atoms with Crippen molar-refractivity contribution in [3.8, 4) is 0 Å². The number of amides is 1. The van der Waals surface area contributed by atoms with Gasteiger partial charge in [0.1, 0.15) is 0 Å². The second-order valence-electron chi connectivity index (χ2n) is 5.90. The highest BCUT2D eigenvalue weighted by Gasteiger charge is 2.40. The van der Waals surface area contributed by atoms with E-state index in [1.807, 2.05) is 0 Å². The lowest BCUT2D eigenvalue weighted by Crippen LogP contribution is -2.45. The Morgan fingerprint density at radius 3 is 2.87 bits per heavy atom. The highest BCUT2D eigenvalue weighted by molar-refractivity contribution is 5.64. The van der Waals surface area contributed by atoms with Crippen molar-refractivity contribution in [2.45, 2.75) is 31.3 Å². The van der Waals surface area contributed by atoms with Gasteiger partial charge in [-0.05, 0) is 38.3 Å². The van der Waals surface area contributed by atoms with Crippen LogP contribution < -0.4 is 10.6 Å². The average molecular weight is 328 g/mol. The van der Waals surface area contributed by atoms with Crippen molar-refractivity contribution in [3.05, 3.63) is 35.4 Å². The summed E-state index contributed by atoms with van der Waals surface area (Å²) in [6.07, 6.45) is 0.878. The molecule has 1 aromatic carbocycles. The molecule has 1 fully saturated rings. The number of hydrogen-bond acceptors (Lipinski definition) is 3. The van der Waals surface area contributed by atoms with Gasteiger partial charge in [-0.2, -0.15) is 0 Å².